The van der Waals surface area contributed by atoms with E-state index in [-0.39, 0.29) is 24.1 Å². The molecule has 134 valence electrons. The molecular formula is C16H31N3O4. The molecule has 0 heterocycles. The van der Waals surface area contributed by atoms with Crippen molar-refractivity contribution >= 4 is 17.7 Å². The van der Waals surface area contributed by atoms with Gasteiger partial charge < -0.3 is 21.5 Å². The highest BCUT2D eigenvalue weighted by molar-refractivity contribution is 5.91. The van der Waals surface area contributed by atoms with Crippen molar-refractivity contribution in [3.63, 3.8) is 0 Å². The van der Waals surface area contributed by atoms with Gasteiger partial charge in [0.25, 0.3) is 0 Å². The zero-order valence-electron chi connectivity index (χ0n) is 14.3. The largest absolute Gasteiger partial charge is 0.469 e. The molecule has 0 saturated carbocycles. The van der Waals surface area contributed by atoms with Gasteiger partial charge in [-0.05, 0) is 45.2 Å². The first-order chi connectivity index (χ1) is 11.0. The maximum Gasteiger partial charge on any atom is 0.309 e. The van der Waals surface area contributed by atoms with Crippen LogP contribution in [0.2, 0.25) is 0 Å². The molecule has 0 bridgehead atoms. The zero-order chi connectivity index (χ0) is 17.7. The Hall–Kier alpha value is -1.47. The van der Waals surface area contributed by atoms with Gasteiger partial charge in [-0.3, -0.25) is 14.4 Å². The number of ether oxygens (including phenoxy) is 1. The average Bonchev–Trinajstić information content (AvgIpc) is 2.52. The van der Waals surface area contributed by atoms with Crippen LogP contribution in [0.1, 0.15) is 51.9 Å². The van der Waals surface area contributed by atoms with Gasteiger partial charge in [-0.15, -0.1) is 0 Å². The monoisotopic (exact) mass is 329 g/mol. The quantitative estimate of drug-likeness (QED) is 0.334. The van der Waals surface area contributed by atoms with E-state index in [9.17, 15) is 14.4 Å². The predicted molar refractivity (Wildman–Crippen MR) is 88.5 cm³/mol. The fourth-order valence-corrected chi connectivity index (χ4v) is 2.44. The van der Waals surface area contributed by atoms with E-state index >= 15 is 0 Å². The Labute approximate surface area is 138 Å². The fourth-order valence-electron chi connectivity index (χ4n) is 2.44. The molecular weight excluding hydrogens is 298 g/mol. The summed E-state index contributed by atoms with van der Waals surface area (Å²) < 4.78 is 4.78. The number of amides is 1. The first-order valence-electron chi connectivity index (χ1n) is 8.24. The SMILES string of the molecule is COC(=O)C(CCCCN)CC(=O)C(CCCCN)NC(C)=O. The van der Waals surface area contributed by atoms with Crippen LogP contribution in [0.25, 0.3) is 0 Å². The zero-order valence-corrected chi connectivity index (χ0v) is 14.3. The topological polar surface area (TPSA) is 125 Å². The molecule has 0 aromatic carbocycles. The van der Waals surface area contributed by atoms with Gasteiger partial charge >= 0.3 is 5.97 Å². The standard InChI is InChI=1S/C16H31N3O4/c1-12(20)19-14(8-4-6-10-18)15(21)11-13(16(22)23-2)7-3-5-9-17/h13-14H,3-11,17-18H2,1-2H3,(H,19,20). The van der Waals surface area contributed by atoms with Gasteiger partial charge in [-0.2, -0.15) is 0 Å². The van der Waals surface area contributed by atoms with Crippen molar-refractivity contribution in [3.05, 3.63) is 0 Å². The second-order valence-electron chi connectivity index (χ2n) is 5.71. The Morgan fingerprint density at radius 1 is 1.00 bits per heavy atom. The summed E-state index contributed by atoms with van der Waals surface area (Å²) in [5.41, 5.74) is 10.9. The Morgan fingerprint density at radius 3 is 2.04 bits per heavy atom. The molecule has 0 saturated heterocycles. The highest BCUT2D eigenvalue weighted by atomic mass is 16.5. The molecule has 0 aliphatic heterocycles. The summed E-state index contributed by atoms with van der Waals surface area (Å²) in [4.78, 5) is 35.6. The maximum absolute atomic E-state index is 12.5. The lowest BCUT2D eigenvalue weighted by Gasteiger charge is -2.20. The van der Waals surface area contributed by atoms with E-state index in [2.05, 4.69) is 5.32 Å². The third kappa shape index (κ3) is 10.0. The molecule has 7 heteroatoms. The summed E-state index contributed by atoms with van der Waals surface area (Å²) in [6.07, 6.45) is 4.28. The van der Waals surface area contributed by atoms with Crippen molar-refractivity contribution in [2.45, 2.75) is 57.9 Å². The van der Waals surface area contributed by atoms with Gasteiger partial charge in [-0.1, -0.05) is 6.42 Å². The number of carbonyl (C=O) groups is 3. The third-order valence-electron chi connectivity index (χ3n) is 3.70. The summed E-state index contributed by atoms with van der Waals surface area (Å²) in [6, 6.07) is -0.569. The molecule has 2 atom stereocenters. The van der Waals surface area contributed by atoms with Crippen molar-refractivity contribution in [1.82, 2.24) is 5.32 Å². The van der Waals surface area contributed by atoms with Gasteiger partial charge in [-0.25, -0.2) is 0 Å². The molecule has 0 aliphatic rings. The number of esters is 1. The molecule has 0 fully saturated rings. The molecule has 0 aromatic rings. The maximum atomic E-state index is 12.5. The number of unbranched alkanes of at least 4 members (excludes halogenated alkanes) is 2. The minimum absolute atomic E-state index is 0.0742. The number of Topliss-reactive ketones (excluding diaryl/α,β-unsaturated/α-hetero) is 1. The number of ketones is 1. The van der Waals surface area contributed by atoms with Crippen molar-refractivity contribution in [3.8, 4) is 0 Å². The fraction of sp³-hybridized carbons (Fsp3) is 0.812. The minimum atomic E-state index is -0.569. The first kappa shape index (κ1) is 21.5. The highest BCUT2D eigenvalue weighted by Gasteiger charge is 2.27. The van der Waals surface area contributed by atoms with E-state index in [1.54, 1.807) is 0 Å². The molecule has 0 spiro atoms. The lowest BCUT2D eigenvalue weighted by atomic mass is 9.92. The van der Waals surface area contributed by atoms with Crippen LogP contribution >= 0.6 is 0 Å². The summed E-state index contributed by atoms with van der Waals surface area (Å²) in [5, 5.41) is 2.67. The number of rotatable bonds is 13. The molecule has 5 N–H and O–H groups in total. The van der Waals surface area contributed by atoms with Crippen LogP contribution in [0, 0.1) is 5.92 Å². The Morgan fingerprint density at radius 2 is 1.57 bits per heavy atom. The van der Waals surface area contributed by atoms with E-state index in [0.717, 1.165) is 25.7 Å². The molecule has 1 amide bonds. The van der Waals surface area contributed by atoms with Gasteiger partial charge in [0.15, 0.2) is 5.78 Å². The van der Waals surface area contributed by atoms with Crippen molar-refractivity contribution in [2.75, 3.05) is 20.2 Å². The van der Waals surface area contributed by atoms with Crippen LogP contribution < -0.4 is 16.8 Å². The number of carbonyl (C=O) groups excluding carboxylic acids is 3. The molecule has 0 radical (unpaired) electrons. The van der Waals surface area contributed by atoms with E-state index in [4.69, 9.17) is 16.2 Å². The van der Waals surface area contributed by atoms with Crippen molar-refractivity contribution < 1.29 is 19.1 Å². The summed E-state index contributed by atoms with van der Waals surface area (Å²) in [5.74, 6) is -1.27. The third-order valence-corrected chi connectivity index (χ3v) is 3.70. The predicted octanol–water partition coefficient (Wildman–Crippen LogP) is 0.498. The molecule has 2 unspecified atom stereocenters. The van der Waals surface area contributed by atoms with Crippen molar-refractivity contribution in [1.29, 1.82) is 0 Å². The Balaban J connectivity index is 4.70. The summed E-state index contributed by atoms with van der Waals surface area (Å²) in [7, 11) is 1.31. The van der Waals surface area contributed by atoms with Gasteiger partial charge in [0.2, 0.25) is 5.91 Å². The number of hydrogen-bond acceptors (Lipinski definition) is 6. The second-order valence-corrected chi connectivity index (χ2v) is 5.71. The van der Waals surface area contributed by atoms with Crippen LogP contribution in [0.3, 0.4) is 0 Å². The molecule has 23 heavy (non-hydrogen) atoms. The molecule has 7 nitrogen and oxygen atoms in total. The summed E-state index contributed by atoms with van der Waals surface area (Å²) >= 11 is 0. The number of hydrogen-bond donors (Lipinski definition) is 3. The van der Waals surface area contributed by atoms with Crippen LogP contribution in [0.15, 0.2) is 0 Å². The Bertz CT molecular complexity index is 374. The van der Waals surface area contributed by atoms with Crippen LogP contribution in [-0.4, -0.2) is 43.9 Å². The lowest BCUT2D eigenvalue weighted by Crippen LogP contribution is -2.41. The van der Waals surface area contributed by atoms with Crippen LogP contribution in [0.4, 0.5) is 0 Å². The van der Waals surface area contributed by atoms with Gasteiger partial charge in [0.1, 0.15) is 0 Å². The number of methoxy groups -OCH3 is 1. The van der Waals surface area contributed by atoms with Gasteiger partial charge in [0.05, 0.1) is 19.1 Å². The van der Waals surface area contributed by atoms with E-state index in [1.165, 1.54) is 14.0 Å². The molecule has 0 rings (SSSR count). The minimum Gasteiger partial charge on any atom is -0.469 e. The van der Waals surface area contributed by atoms with Crippen molar-refractivity contribution in [2.24, 2.45) is 17.4 Å². The lowest BCUT2D eigenvalue weighted by molar-refractivity contribution is -0.147. The number of nitrogens with two attached hydrogens (primary N) is 2. The second kappa shape index (κ2) is 13.0. The highest BCUT2D eigenvalue weighted by Crippen LogP contribution is 2.17. The summed E-state index contributed by atoms with van der Waals surface area (Å²) in [6.45, 7) is 2.47. The van der Waals surface area contributed by atoms with E-state index in [0.29, 0.717) is 25.9 Å². The number of nitrogens with one attached hydrogen (secondary N) is 1. The molecule has 0 aromatic heterocycles. The van der Waals surface area contributed by atoms with Crippen LogP contribution in [-0.2, 0) is 19.1 Å². The average molecular weight is 329 g/mol. The smallest absolute Gasteiger partial charge is 0.309 e. The van der Waals surface area contributed by atoms with Gasteiger partial charge in [0, 0.05) is 13.3 Å². The normalized spacial score (nSPS) is 13.2. The van der Waals surface area contributed by atoms with E-state index < -0.39 is 12.0 Å². The molecule has 0 aliphatic carbocycles. The Kier molecular flexibility index (Phi) is 12.2. The first-order valence-corrected chi connectivity index (χ1v) is 8.24. The van der Waals surface area contributed by atoms with E-state index in [1.807, 2.05) is 0 Å². The van der Waals surface area contributed by atoms with Crippen LogP contribution in [0.5, 0.6) is 0 Å².